The molecule has 1 aliphatic rings. The van der Waals surface area contributed by atoms with Gasteiger partial charge in [-0.05, 0) is 31.4 Å². The van der Waals surface area contributed by atoms with Crippen molar-refractivity contribution < 1.29 is 28.0 Å². The molecule has 2 rings (SSSR count). The number of rotatable bonds is 6. The number of benzene rings is 1. The van der Waals surface area contributed by atoms with Crippen molar-refractivity contribution in [3.63, 3.8) is 0 Å². The highest BCUT2D eigenvalue weighted by Gasteiger charge is 2.34. The molecule has 0 bridgehead atoms. The summed E-state index contributed by atoms with van der Waals surface area (Å²) in [6.07, 6.45) is -3.29. The van der Waals surface area contributed by atoms with Gasteiger partial charge in [-0.2, -0.15) is 13.2 Å². The van der Waals surface area contributed by atoms with Gasteiger partial charge >= 0.3 is 6.18 Å². The fourth-order valence-electron chi connectivity index (χ4n) is 2.93. The molecule has 1 amide bonds. The summed E-state index contributed by atoms with van der Waals surface area (Å²) in [6, 6.07) is 2.49. The number of hydrogen-bond donors (Lipinski definition) is 2. The first-order chi connectivity index (χ1) is 12.2. The average molecular weight is 375 g/mol. The summed E-state index contributed by atoms with van der Waals surface area (Å²) in [5.41, 5.74) is -1.53. The van der Waals surface area contributed by atoms with Gasteiger partial charge in [-0.25, -0.2) is 0 Å². The topological polar surface area (TPSA) is 95.7 Å². The summed E-state index contributed by atoms with van der Waals surface area (Å²) in [5, 5.41) is 22.6. The summed E-state index contributed by atoms with van der Waals surface area (Å²) in [5.74, 6) is -0.390. The van der Waals surface area contributed by atoms with Crippen LogP contribution in [-0.4, -0.2) is 42.2 Å². The third kappa shape index (κ3) is 4.84. The monoisotopic (exact) mass is 375 g/mol. The molecule has 10 heteroatoms. The zero-order chi connectivity index (χ0) is 19.3. The number of alkyl halides is 3. The minimum Gasteiger partial charge on any atom is -0.396 e. The lowest BCUT2D eigenvalue weighted by molar-refractivity contribution is -0.384. The highest BCUT2D eigenvalue weighted by atomic mass is 19.4. The predicted octanol–water partition coefficient (Wildman–Crippen LogP) is 2.33. The van der Waals surface area contributed by atoms with E-state index in [4.69, 9.17) is 5.11 Å². The van der Waals surface area contributed by atoms with Gasteiger partial charge in [0.2, 0.25) is 5.91 Å². The Morgan fingerprint density at radius 2 is 2.00 bits per heavy atom. The van der Waals surface area contributed by atoms with Gasteiger partial charge in [0.1, 0.15) is 5.69 Å². The minimum atomic E-state index is -4.65. The Morgan fingerprint density at radius 3 is 2.54 bits per heavy atom. The van der Waals surface area contributed by atoms with Crippen LogP contribution in [0.2, 0.25) is 0 Å². The fraction of sp³-hybridized carbons (Fsp3) is 0.562. The SMILES string of the molecule is O=C(NCCCO)C1CCN(c2ccc(C(F)(F)F)cc2[N+](=O)[O-])CC1. The van der Waals surface area contributed by atoms with E-state index in [2.05, 4.69) is 5.32 Å². The zero-order valence-corrected chi connectivity index (χ0v) is 14.0. The molecule has 1 fully saturated rings. The van der Waals surface area contributed by atoms with Crippen LogP contribution < -0.4 is 10.2 Å². The van der Waals surface area contributed by atoms with E-state index in [1.54, 1.807) is 4.90 Å². The normalized spacial score (nSPS) is 15.8. The predicted molar refractivity (Wildman–Crippen MR) is 87.7 cm³/mol. The first-order valence-corrected chi connectivity index (χ1v) is 8.23. The molecular weight excluding hydrogens is 355 g/mol. The Balaban J connectivity index is 2.07. The molecule has 26 heavy (non-hydrogen) atoms. The second-order valence-corrected chi connectivity index (χ2v) is 6.09. The van der Waals surface area contributed by atoms with Crippen LogP contribution in [0.1, 0.15) is 24.8 Å². The molecule has 1 saturated heterocycles. The lowest BCUT2D eigenvalue weighted by atomic mass is 9.95. The molecule has 7 nitrogen and oxygen atoms in total. The largest absolute Gasteiger partial charge is 0.416 e. The zero-order valence-electron chi connectivity index (χ0n) is 14.0. The molecule has 1 heterocycles. The maximum absolute atomic E-state index is 12.8. The fourth-order valence-corrected chi connectivity index (χ4v) is 2.93. The van der Waals surface area contributed by atoms with Gasteiger partial charge in [0.25, 0.3) is 5.69 Å². The number of aliphatic hydroxyl groups is 1. The number of anilines is 1. The molecule has 1 aromatic rings. The standard InChI is InChI=1S/C16H20F3N3O4/c17-16(18,19)12-2-3-13(14(10-12)22(25)26)21-7-4-11(5-8-21)15(24)20-6-1-9-23/h2-3,10-11,23H,1,4-9H2,(H,20,24). The number of amides is 1. The van der Waals surface area contributed by atoms with Crippen molar-refractivity contribution in [3.8, 4) is 0 Å². The van der Waals surface area contributed by atoms with Crippen molar-refractivity contribution in [2.24, 2.45) is 5.92 Å². The molecule has 0 spiro atoms. The van der Waals surface area contributed by atoms with Gasteiger partial charge in [-0.15, -0.1) is 0 Å². The van der Waals surface area contributed by atoms with Crippen LogP contribution in [0.3, 0.4) is 0 Å². The van der Waals surface area contributed by atoms with Crippen molar-refractivity contribution >= 4 is 17.3 Å². The lowest BCUT2D eigenvalue weighted by Gasteiger charge is -2.32. The molecule has 2 N–H and O–H groups in total. The second kappa shape index (κ2) is 8.35. The van der Waals surface area contributed by atoms with E-state index in [-0.39, 0.29) is 24.1 Å². The van der Waals surface area contributed by atoms with E-state index in [1.807, 2.05) is 0 Å². The van der Waals surface area contributed by atoms with E-state index >= 15 is 0 Å². The highest BCUT2D eigenvalue weighted by molar-refractivity contribution is 5.79. The minimum absolute atomic E-state index is 0.0175. The Bertz CT molecular complexity index is 659. The van der Waals surface area contributed by atoms with Gasteiger partial charge in [0.05, 0.1) is 10.5 Å². The van der Waals surface area contributed by atoms with Crippen molar-refractivity contribution in [2.45, 2.75) is 25.4 Å². The number of halogens is 3. The van der Waals surface area contributed by atoms with Crippen LogP contribution >= 0.6 is 0 Å². The Kier molecular flexibility index (Phi) is 6.41. The van der Waals surface area contributed by atoms with Gasteiger partial charge < -0.3 is 15.3 Å². The number of aliphatic hydroxyl groups excluding tert-OH is 1. The summed E-state index contributed by atoms with van der Waals surface area (Å²) in [6.45, 7) is 1.03. The van der Waals surface area contributed by atoms with E-state index in [0.29, 0.717) is 45.0 Å². The van der Waals surface area contributed by atoms with E-state index in [1.165, 1.54) is 0 Å². The van der Waals surface area contributed by atoms with Crippen LogP contribution in [0.5, 0.6) is 0 Å². The number of piperidine rings is 1. The summed E-state index contributed by atoms with van der Waals surface area (Å²) < 4.78 is 38.3. The number of carbonyl (C=O) groups is 1. The molecule has 0 unspecified atom stereocenters. The van der Waals surface area contributed by atoms with E-state index in [9.17, 15) is 28.1 Å². The molecular formula is C16H20F3N3O4. The maximum atomic E-state index is 12.8. The second-order valence-electron chi connectivity index (χ2n) is 6.09. The van der Waals surface area contributed by atoms with Crippen LogP contribution in [0.15, 0.2) is 18.2 Å². The third-order valence-corrected chi connectivity index (χ3v) is 4.34. The Hall–Kier alpha value is -2.36. The Labute approximate surface area is 147 Å². The number of nitro benzene ring substituents is 1. The lowest BCUT2D eigenvalue weighted by Crippen LogP contribution is -2.41. The summed E-state index contributed by atoms with van der Waals surface area (Å²) >= 11 is 0. The average Bonchev–Trinajstić information content (AvgIpc) is 2.60. The van der Waals surface area contributed by atoms with Crippen molar-refractivity contribution in [2.75, 3.05) is 31.1 Å². The van der Waals surface area contributed by atoms with Crippen LogP contribution in [-0.2, 0) is 11.0 Å². The molecule has 0 saturated carbocycles. The van der Waals surface area contributed by atoms with Gasteiger partial charge in [-0.3, -0.25) is 14.9 Å². The third-order valence-electron chi connectivity index (χ3n) is 4.34. The smallest absolute Gasteiger partial charge is 0.396 e. The number of nitro groups is 1. The molecule has 0 aromatic heterocycles. The summed E-state index contributed by atoms with van der Waals surface area (Å²) in [7, 11) is 0. The molecule has 1 aliphatic heterocycles. The van der Waals surface area contributed by atoms with E-state index < -0.39 is 22.4 Å². The Morgan fingerprint density at radius 1 is 1.35 bits per heavy atom. The van der Waals surface area contributed by atoms with Crippen molar-refractivity contribution in [1.29, 1.82) is 0 Å². The van der Waals surface area contributed by atoms with Gasteiger partial charge in [0.15, 0.2) is 0 Å². The number of carbonyl (C=O) groups excluding carboxylic acids is 1. The maximum Gasteiger partial charge on any atom is 0.416 e. The summed E-state index contributed by atoms with van der Waals surface area (Å²) in [4.78, 5) is 24.0. The van der Waals surface area contributed by atoms with Gasteiger partial charge in [0, 0.05) is 38.2 Å². The highest BCUT2D eigenvalue weighted by Crippen LogP contribution is 2.37. The van der Waals surface area contributed by atoms with Crippen molar-refractivity contribution in [1.82, 2.24) is 5.32 Å². The number of nitrogens with zero attached hydrogens (tertiary/aromatic N) is 2. The first kappa shape index (κ1) is 20.0. The van der Waals surface area contributed by atoms with Crippen LogP contribution in [0, 0.1) is 16.0 Å². The molecule has 144 valence electrons. The van der Waals surface area contributed by atoms with E-state index in [0.717, 1.165) is 12.1 Å². The number of hydrogen-bond acceptors (Lipinski definition) is 5. The van der Waals surface area contributed by atoms with Crippen LogP contribution in [0.25, 0.3) is 0 Å². The first-order valence-electron chi connectivity index (χ1n) is 8.23. The molecule has 0 atom stereocenters. The number of nitrogens with one attached hydrogen (secondary N) is 1. The molecule has 1 aromatic carbocycles. The van der Waals surface area contributed by atoms with Crippen molar-refractivity contribution in [3.05, 3.63) is 33.9 Å². The molecule has 0 radical (unpaired) electrons. The van der Waals surface area contributed by atoms with Gasteiger partial charge in [-0.1, -0.05) is 0 Å². The molecule has 0 aliphatic carbocycles. The van der Waals surface area contributed by atoms with Crippen LogP contribution in [0.4, 0.5) is 24.5 Å². The quantitative estimate of drug-likeness (QED) is 0.452.